The Hall–Kier alpha value is -3.24. The summed E-state index contributed by atoms with van der Waals surface area (Å²) in [6.45, 7) is -0.205. The number of rotatable bonds is 4. The third-order valence-electron chi connectivity index (χ3n) is 3.60. The smallest absolute Gasteiger partial charge is 0.267 e. The largest absolute Gasteiger partial charge is 0.324 e. The van der Waals surface area contributed by atoms with Crippen molar-refractivity contribution in [1.29, 1.82) is 5.26 Å². The zero-order chi connectivity index (χ0) is 18.5. The van der Waals surface area contributed by atoms with Crippen LogP contribution in [0.4, 0.5) is 5.69 Å². The van der Waals surface area contributed by atoms with Gasteiger partial charge >= 0.3 is 0 Å². The molecule has 128 valence electrons. The van der Waals surface area contributed by atoms with Gasteiger partial charge in [-0.15, -0.1) is 0 Å². The summed E-state index contributed by atoms with van der Waals surface area (Å²) in [6, 6.07) is 19.0. The summed E-state index contributed by atoms with van der Waals surface area (Å²) in [5.74, 6) is -0.378. The van der Waals surface area contributed by atoms with Crippen LogP contribution in [0.5, 0.6) is 0 Å². The highest BCUT2D eigenvalue weighted by Gasteiger charge is 2.08. The van der Waals surface area contributed by atoms with Crippen molar-refractivity contribution in [3.8, 4) is 17.3 Å². The predicted molar refractivity (Wildman–Crippen MR) is 101 cm³/mol. The van der Waals surface area contributed by atoms with E-state index in [4.69, 9.17) is 5.26 Å². The minimum Gasteiger partial charge on any atom is -0.324 e. The van der Waals surface area contributed by atoms with E-state index in [0.29, 0.717) is 16.9 Å². The van der Waals surface area contributed by atoms with Gasteiger partial charge < -0.3 is 5.32 Å². The number of carbonyl (C=O) groups excluding carboxylic acids is 1. The van der Waals surface area contributed by atoms with Crippen molar-refractivity contribution in [2.75, 3.05) is 5.32 Å². The van der Waals surface area contributed by atoms with Gasteiger partial charge in [-0.25, -0.2) is 4.68 Å². The summed E-state index contributed by atoms with van der Waals surface area (Å²) < 4.78 is 2.06. The molecule has 3 aromatic rings. The third-order valence-corrected chi connectivity index (χ3v) is 4.13. The van der Waals surface area contributed by atoms with Crippen LogP contribution in [-0.4, -0.2) is 15.7 Å². The lowest BCUT2D eigenvalue weighted by molar-refractivity contribution is -0.117. The third kappa shape index (κ3) is 4.23. The van der Waals surface area contributed by atoms with Crippen molar-refractivity contribution in [2.24, 2.45) is 0 Å². The Balaban J connectivity index is 1.77. The van der Waals surface area contributed by atoms with Gasteiger partial charge in [0.05, 0.1) is 17.3 Å². The number of anilines is 1. The maximum Gasteiger partial charge on any atom is 0.267 e. The number of hydrogen-bond donors (Lipinski definition) is 1. The van der Waals surface area contributed by atoms with Gasteiger partial charge in [-0.3, -0.25) is 9.59 Å². The molecule has 0 spiro atoms. The first-order valence-corrected chi connectivity index (χ1v) is 8.48. The van der Waals surface area contributed by atoms with E-state index in [1.807, 2.05) is 30.3 Å². The maximum absolute atomic E-state index is 12.2. The van der Waals surface area contributed by atoms with E-state index in [-0.39, 0.29) is 18.0 Å². The minimum absolute atomic E-state index is 0.205. The van der Waals surface area contributed by atoms with E-state index < -0.39 is 0 Å². The molecule has 0 aliphatic carbocycles. The van der Waals surface area contributed by atoms with Gasteiger partial charge in [-0.1, -0.05) is 28.1 Å². The average molecular weight is 409 g/mol. The number of nitrogens with one attached hydrogen (secondary N) is 1. The van der Waals surface area contributed by atoms with Gasteiger partial charge in [-0.2, -0.15) is 10.4 Å². The maximum atomic E-state index is 12.2. The van der Waals surface area contributed by atoms with Crippen LogP contribution >= 0.6 is 15.9 Å². The van der Waals surface area contributed by atoms with Gasteiger partial charge in [0, 0.05) is 21.8 Å². The molecule has 26 heavy (non-hydrogen) atoms. The molecule has 0 saturated heterocycles. The van der Waals surface area contributed by atoms with Crippen molar-refractivity contribution in [3.63, 3.8) is 0 Å². The van der Waals surface area contributed by atoms with E-state index in [2.05, 4.69) is 26.3 Å². The highest BCUT2D eigenvalue weighted by molar-refractivity contribution is 9.10. The second-order valence-electron chi connectivity index (χ2n) is 5.46. The lowest BCUT2D eigenvalue weighted by Crippen LogP contribution is -2.29. The number of benzene rings is 2. The molecule has 0 aliphatic heterocycles. The number of aromatic nitrogens is 2. The van der Waals surface area contributed by atoms with Crippen LogP contribution in [0, 0.1) is 11.3 Å². The Kier molecular flexibility index (Phi) is 5.25. The monoisotopic (exact) mass is 408 g/mol. The Morgan fingerprint density at radius 1 is 1.08 bits per heavy atom. The minimum atomic E-state index is -0.378. The first-order chi connectivity index (χ1) is 12.5. The molecule has 1 N–H and O–H groups in total. The number of halogens is 1. The van der Waals surface area contributed by atoms with Crippen LogP contribution in [0.1, 0.15) is 5.56 Å². The second kappa shape index (κ2) is 7.76. The molecule has 3 rings (SSSR count). The normalized spacial score (nSPS) is 10.2. The number of hydrogen-bond acceptors (Lipinski definition) is 4. The molecule has 0 saturated carbocycles. The van der Waals surface area contributed by atoms with E-state index in [1.165, 1.54) is 6.07 Å². The zero-order valence-electron chi connectivity index (χ0n) is 13.5. The number of nitrogens with zero attached hydrogens (tertiary/aromatic N) is 3. The molecule has 1 amide bonds. The Bertz CT molecular complexity index is 1030. The molecule has 1 aromatic heterocycles. The van der Waals surface area contributed by atoms with Crippen LogP contribution in [0.2, 0.25) is 0 Å². The van der Waals surface area contributed by atoms with Crippen LogP contribution < -0.4 is 10.9 Å². The Morgan fingerprint density at radius 3 is 2.42 bits per heavy atom. The predicted octanol–water partition coefficient (Wildman–Crippen LogP) is 3.18. The molecule has 0 radical (unpaired) electrons. The van der Waals surface area contributed by atoms with Crippen LogP contribution in [0.15, 0.2) is 69.9 Å². The quantitative estimate of drug-likeness (QED) is 0.717. The van der Waals surface area contributed by atoms with E-state index in [1.54, 1.807) is 30.3 Å². The summed E-state index contributed by atoms with van der Waals surface area (Å²) in [5.41, 5.74) is 2.13. The van der Waals surface area contributed by atoms with Gasteiger partial charge in [0.1, 0.15) is 6.54 Å². The second-order valence-corrected chi connectivity index (χ2v) is 6.37. The standard InChI is InChI=1S/C19H13BrN4O2/c20-15-5-3-14(4-6-15)17-9-10-19(26)24(23-17)12-18(25)22-16-7-1-13(11-21)2-8-16/h1-10H,12H2,(H,22,25). The number of amides is 1. The average Bonchev–Trinajstić information content (AvgIpc) is 2.65. The highest BCUT2D eigenvalue weighted by atomic mass is 79.9. The van der Waals surface area contributed by atoms with Gasteiger partial charge in [-0.05, 0) is 42.5 Å². The fourth-order valence-electron chi connectivity index (χ4n) is 2.30. The van der Waals surface area contributed by atoms with Crippen molar-refractivity contribution < 1.29 is 4.79 Å². The molecule has 0 atom stereocenters. The first-order valence-electron chi connectivity index (χ1n) is 7.69. The lowest BCUT2D eigenvalue weighted by Gasteiger charge is -2.08. The number of nitriles is 1. The van der Waals surface area contributed by atoms with E-state index in [9.17, 15) is 9.59 Å². The Labute approximate surface area is 157 Å². The number of carbonyl (C=O) groups is 1. The lowest BCUT2D eigenvalue weighted by atomic mass is 10.1. The Morgan fingerprint density at radius 2 is 1.77 bits per heavy atom. The molecule has 0 aliphatic rings. The van der Waals surface area contributed by atoms with Gasteiger partial charge in [0.15, 0.2) is 0 Å². The zero-order valence-corrected chi connectivity index (χ0v) is 15.1. The van der Waals surface area contributed by atoms with Gasteiger partial charge in [0.25, 0.3) is 5.56 Å². The molecule has 0 unspecified atom stereocenters. The van der Waals surface area contributed by atoms with Crippen LogP contribution in [0.3, 0.4) is 0 Å². The fraction of sp³-hybridized carbons (Fsp3) is 0.0526. The summed E-state index contributed by atoms with van der Waals surface area (Å²) in [4.78, 5) is 24.2. The molecule has 2 aromatic carbocycles. The molecular weight excluding hydrogens is 396 g/mol. The highest BCUT2D eigenvalue weighted by Crippen LogP contribution is 2.18. The molecular formula is C19H13BrN4O2. The first kappa shape index (κ1) is 17.6. The molecule has 7 heteroatoms. The van der Waals surface area contributed by atoms with Crippen molar-refractivity contribution >= 4 is 27.5 Å². The van der Waals surface area contributed by atoms with Crippen molar-refractivity contribution in [1.82, 2.24) is 9.78 Å². The molecule has 0 bridgehead atoms. The molecule has 6 nitrogen and oxygen atoms in total. The molecule has 1 heterocycles. The van der Waals surface area contributed by atoms with Crippen LogP contribution in [0.25, 0.3) is 11.3 Å². The molecule has 0 fully saturated rings. The summed E-state index contributed by atoms with van der Waals surface area (Å²) in [5, 5.41) is 15.7. The topological polar surface area (TPSA) is 87.8 Å². The van der Waals surface area contributed by atoms with Crippen molar-refractivity contribution in [3.05, 3.63) is 81.1 Å². The van der Waals surface area contributed by atoms with Gasteiger partial charge in [0.2, 0.25) is 5.91 Å². The SMILES string of the molecule is N#Cc1ccc(NC(=O)Cn2nc(-c3ccc(Br)cc3)ccc2=O)cc1. The summed E-state index contributed by atoms with van der Waals surface area (Å²) in [7, 11) is 0. The summed E-state index contributed by atoms with van der Waals surface area (Å²) >= 11 is 3.37. The van der Waals surface area contributed by atoms with Crippen molar-refractivity contribution in [2.45, 2.75) is 6.54 Å². The van der Waals surface area contributed by atoms with Crippen LogP contribution in [-0.2, 0) is 11.3 Å². The van der Waals surface area contributed by atoms with E-state index >= 15 is 0 Å². The fourth-order valence-corrected chi connectivity index (χ4v) is 2.57. The van der Waals surface area contributed by atoms with E-state index in [0.717, 1.165) is 14.7 Å². The summed E-state index contributed by atoms with van der Waals surface area (Å²) in [6.07, 6.45) is 0.